The van der Waals surface area contributed by atoms with E-state index in [2.05, 4.69) is 48.5 Å². The van der Waals surface area contributed by atoms with Crippen molar-refractivity contribution in [1.82, 2.24) is 0 Å². The van der Waals surface area contributed by atoms with Gasteiger partial charge < -0.3 is 9.63 Å². The van der Waals surface area contributed by atoms with Crippen LogP contribution in [0.1, 0.15) is 78.0 Å². The van der Waals surface area contributed by atoms with Crippen LogP contribution < -0.4 is 0 Å². The lowest BCUT2D eigenvalue weighted by Crippen LogP contribution is -2.18. The standard InChI is InChI=1S/C20H35O3P/c1-9-10-11-23-24(8,22)14-15-12-16(19(2,3)4)18(21)17(13-15)20(5,6)7/h12-13,21H,9-11,14H2,1-8H3. The SMILES string of the molecule is CCCCOP(C)(=O)Cc1cc(C(C)(C)C)c(O)c(C(C)(C)C)c1. The Labute approximate surface area is 148 Å². The monoisotopic (exact) mass is 354 g/mol. The first-order valence-corrected chi connectivity index (χ1v) is 11.1. The minimum absolute atomic E-state index is 0.180. The van der Waals surface area contributed by atoms with Crippen LogP contribution in [-0.2, 0) is 26.1 Å². The van der Waals surface area contributed by atoms with Gasteiger partial charge in [-0.2, -0.15) is 0 Å². The predicted octanol–water partition coefficient (Wildman–Crippen LogP) is 6.21. The van der Waals surface area contributed by atoms with Gasteiger partial charge in [-0.05, 0) is 33.9 Å². The first-order valence-electron chi connectivity index (χ1n) is 8.86. The molecule has 0 aliphatic heterocycles. The summed E-state index contributed by atoms with van der Waals surface area (Å²) in [5.41, 5.74) is 2.42. The highest BCUT2D eigenvalue weighted by molar-refractivity contribution is 7.57. The number of hydrogen-bond donors (Lipinski definition) is 1. The number of rotatable bonds is 6. The van der Waals surface area contributed by atoms with Gasteiger partial charge in [0.25, 0.3) is 0 Å². The van der Waals surface area contributed by atoms with Gasteiger partial charge in [0.15, 0.2) is 0 Å². The smallest absolute Gasteiger partial charge is 0.204 e. The minimum Gasteiger partial charge on any atom is -0.507 e. The molecule has 1 N–H and O–H groups in total. The maximum atomic E-state index is 12.8. The zero-order valence-corrected chi connectivity index (χ0v) is 17.6. The van der Waals surface area contributed by atoms with Crippen LogP contribution in [0.15, 0.2) is 12.1 Å². The Kier molecular flexibility index (Phi) is 6.75. The van der Waals surface area contributed by atoms with E-state index < -0.39 is 7.37 Å². The summed E-state index contributed by atoms with van der Waals surface area (Å²) in [7, 11) is -2.69. The minimum atomic E-state index is -2.69. The van der Waals surface area contributed by atoms with Crippen molar-refractivity contribution in [2.45, 2.75) is 78.3 Å². The first-order chi connectivity index (χ1) is 10.8. The fourth-order valence-corrected chi connectivity index (χ4v) is 4.16. The van der Waals surface area contributed by atoms with E-state index in [-0.39, 0.29) is 10.8 Å². The highest BCUT2D eigenvalue weighted by Crippen LogP contribution is 2.48. The topological polar surface area (TPSA) is 46.5 Å². The molecule has 24 heavy (non-hydrogen) atoms. The molecule has 0 aromatic heterocycles. The molecule has 4 heteroatoms. The van der Waals surface area contributed by atoms with Gasteiger partial charge in [0.2, 0.25) is 7.37 Å². The van der Waals surface area contributed by atoms with Crippen LogP contribution in [0.25, 0.3) is 0 Å². The van der Waals surface area contributed by atoms with Crippen LogP contribution in [0.4, 0.5) is 0 Å². The molecular weight excluding hydrogens is 319 g/mol. The van der Waals surface area contributed by atoms with Crippen molar-refractivity contribution >= 4 is 7.37 Å². The molecule has 1 unspecified atom stereocenters. The summed E-state index contributed by atoms with van der Waals surface area (Å²) in [6.45, 7) is 16.9. The Morgan fingerprint density at radius 2 is 1.50 bits per heavy atom. The molecule has 0 radical (unpaired) electrons. The highest BCUT2D eigenvalue weighted by atomic mass is 31.2. The predicted molar refractivity (Wildman–Crippen MR) is 104 cm³/mol. The molecule has 1 atom stereocenters. The van der Waals surface area contributed by atoms with E-state index in [9.17, 15) is 9.67 Å². The van der Waals surface area contributed by atoms with Gasteiger partial charge in [-0.15, -0.1) is 0 Å². The van der Waals surface area contributed by atoms with Crippen LogP contribution in [-0.4, -0.2) is 18.4 Å². The van der Waals surface area contributed by atoms with E-state index in [0.29, 0.717) is 18.5 Å². The first kappa shape index (κ1) is 21.3. The molecule has 0 spiro atoms. The zero-order chi connectivity index (χ0) is 18.8. The summed E-state index contributed by atoms with van der Waals surface area (Å²) < 4.78 is 18.4. The molecule has 0 saturated heterocycles. The van der Waals surface area contributed by atoms with Gasteiger partial charge in [-0.25, -0.2) is 0 Å². The van der Waals surface area contributed by atoms with Crippen LogP contribution in [0.2, 0.25) is 0 Å². The van der Waals surface area contributed by atoms with Gasteiger partial charge in [0.1, 0.15) is 5.75 Å². The van der Waals surface area contributed by atoms with Crippen molar-refractivity contribution in [1.29, 1.82) is 0 Å². The second-order valence-electron chi connectivity index (χ2n) is 8.90. The van der Waals surface area contributed by atoms with E-state index in [0.717, 1.165) is 29.5 Å². The second kappa shape index (κ2) is 7.62. The number of phenols is 1. The summed E-state index contributed by atoms with van der Waals surface area (Å²) >= 11 is 0. The Hall–Kier alpha value is -0.790. The number of unbranched alkanes of at least 4 members (excludes halogenated alkanes) is 1. The number of aromatic hydroxyl groups is 1. The van der Waals surface area contributed by atoms with Gasteiger partial charge in [-0.1, -0.05) is 67.0 Å². The van der Waals surface area contributed by atoms with Gasteiger partial charge >= 0.3 is 0 Å². The highest BCUT2D eigenvalue weighted by Gasteiger charge is 2.28. The molecule has 1 aromatic rings. The summed E-state index contributed by atoms with van der Waals surface area (Å²) in [5.74, 6) is 0.358. The molecule has 0 fully saturated rings. The van der Waals surface area contributed by atoms with E-state index in [1.54, 1.807) is 6.66 Å². The number of benzene rings is 1. The maximum absolute atomic E-state index is 12.8. The Bertz CT molecular complexity index is 571. The average molecular weight is 354 g/mol. The molecule has 0 heterocycles. The molecule has 0 aliphatic carbocycles. The molecule has 0 amide bonds. The van der Waals surface area contributed by atoms with Crippen LogP contribution in [0.5, 0.6) is 5.75 Å². The Morgan fingerprint density at radius 1 is 1.04 bits per heavy atom. The Balaban J connectivity index is 3.27. The normalized spacial score (nSPS) is 15.3. The van der Waals surface area contributed by atoms with Crippen LogP contribution in [0.3, 0.4) is 0 Å². The van der Waals surface area contributed by atoms with E-state index >= 15 is 0 Å². The molecule has 1 rings (SSSR count). The summed E-state index contributed by atoms with van der Waals surface area (Å²) in [6, 6.07) is 3.98. The van der Waals surface area contributed by atoms with Crippen molar-refractivity contribution in [2.75, 3.05) is 13.3 Å². The molecule has 0 bridgehead atoms. The van der Waals surface area contributed by atoms with E-state index in [1.807, 2.05) is 12.1 Å². The summed E-state index contributed by atoms with van der Waals surface area (Å²) in [4.78, 5) is 0. The van der Waals surface area contributed by atoms with Gasteiger partial charge in [-0.3, -0.25) is 4.57 Å². The molecule has 1 aromatic carbocycles. The van der Waals surface area contributed by atoms with Crippen molar-refractivity contribution in [3.8, 4) is 5.75 Å². The summed E-state index contributed by atoms with van der Waals surface area (Å²) in [5, 5.41) is 10.8. The average Bonchev–Trinajstić information content (AvgIpc) is 2.37. The van der Waals surface area contributed by atoms with Crippen LogP contribution >= 0.6 is 7.37 Å². The zero-order valence-electron chi connectivity index (χ0n) is 16.7. The largest absolute Gasteiger partial charge is 0.507 e. The molecule has 138 valence electrons. The number of hydrogen-bond acceptors (Lipinski definition) is 3. The third-order valence-corrected chi connectivity index (χ3v) is 5.79. The fourth-order valence-electron chi connectivity index (χ4n) is 2.71. The lowest BCUT2D eigenvalue weighted by atomic mass is 9.78. The van der Waals surface area contributed by atoms with E-state index in [4.69, 9.17) is 4.52 Å². The van der Waals surface area contributed by atoms with Gasteiger partial charge in [0, 0.05) is 12.8 Å². The molecular formula is C20H35O3P. The quantitative estimate of drug-likeness (QED) is 0.488. The third-order valence-electron chi connectivity index (χ3n) is 4.12. The second-order valence-corrected chi connectivity index (χ2v) is 11.5. The van der Waals surface area contributed by atoms with Crippen molar-refractivity contribution in [3.63, 3.8) is 0 Å². The van der Waals surface area contributed by atoms with Crippen molar-refractivity contribution in [3.05, 3.63) is 28.8 Å². The maximum Gasteiger partial charge on any atom is 0.204 e. The van der Waals surface area contributed by atoms with Gasteiger partial charge in [0.05, 0.1) is 6.61 Å². The lowest BCUT2D eigenvalue weighted by molar-refractivity contribution is 0.308. The van der Waals surface area contributed by atoms with E-state index in [1.165, 1.54) is 0 Å². The molecule has 0 aliphatic rings. The molecule has 0 saturated carbocycles. The fraction of sp³-hybridized carbons (Fsp3) is 0.700. The Morgan fingerprint density at radius 3 is 1.88 bits per heavy atom. The molecule has 3 nitrogen and oxygen atoms in total. The number of phenolic OH excluding ortho intramolecular Hbond substituents is 1. The third kappa shape index (κ3) is 5.93. The summed E-state index contributed by atoms with van der Waals surface area (Å²) in [6.07, 6.45) is 2.36. The van der Waals surface area contributed by atoms with Crippen molar-refractivity contribution < 1.29 is 14.2 Å². The van der Waals surface area contributed by atoms with Crippen LogP contribution in [0, 0.1) is 0 Å². The van der Waals surface area contributed by atoms with Crippen molar-refractivity contribution in [2.24, 2.45) is 0 Å². The lowest BCUT2D eigenvalue weighted by Gasteiger charge is -2.28.